The lowest BCUT2D eigenvalue weighted by Gasteiger charge is -2.21. The summed E-state index contributed by atoms with van der Waals surface area (Å²) in [6.45, 7) is 0.317. The van der Waals surface area contributed by atoms with E-state index in [1.807, 2.05) is 18.2 Å². The molecular formula is C17H20N2O2S. The van der Waals surface area contributed by atoms with Crippen LogP contribution in [0.5, 0.6) is 0 Å². The third-order valence-electron chi connectivity index (χ3n) is 4.09. The van der Waals surface area contributed by atoms with Crippen LogP contribution in [0.2, 0.25) is 0 Å². The molecule has 0 atom stereocenters. The molecule has 2 N–H and O–H groups in total. The number of rotatable bonds is 5. The number of aliphatic hydroxyl groups is 1. The zero-order chi connectivity index (χ0) is 15.4. The molecule has 1 heterocycles. The molecule has 4 nitrogen and oxygen atoms in total. The van der Waals surface area contributed by atoms with Gasteiger partial charge in [-0.25, -0.2) is 4.98 Å². The summed E-state index contributed by atoms with van der Waals surface area (Å²) < 4.78 is 0. The van der Waals surface area contributed by atoms with Gasteiger partial charge in [-0.3, -0.25) is 4.79 Å². The predicted molar refractivity (Wildman–Crippen MR) is 87.1 cm³/mol. The van der Waals surface area contributed by atoms with Crippen LogP contribution in [0, 0.1) is 0 Å². The van der Waals surface area contributed by atoms with Crippen molar-refractivity contribution in [3.8, 4) is 0 Å². The zero-order valence-corrected chi connectivity index (χ0v) is 13.2. The van der Waals surface area contributed by atoms with Crippen molar-refractivity contribution >= 4 is 17.2 Å². The molecule has 0 aliphatic heterocycles. The summed E-state index contributed by atoms with van der Waals surface area (Å²) in [5.41, 5.74) is 0.903. The Kier molecular flexibility index (Phi) is 4.55. The monoisotopic (exact) mass is 316 g/mol. The highest BCUT2D eigenvalue weighted by Crippen LogP contribution is 2.28. The number of amides is 1. The number of carbonyl (C=O) groups is 1. The normalized spacial score (nSPS) is 16.6. The van der Waals surface area contributed by atoms with E-state index in [0.717, 1.165) is 37.1 Å². The molecule has 1 aliphatic carbocycles. The number of aromatic nitrogens is 1. The summed E-state index contributed by atoms with van der Waals surface area (Å²) in [4.78, 5) is 16.5. The fourth-order valence-electron chi connectivity index (χ4n) is 2.81. The number of benzene rings is 1. The fraction of sp³-hybridized carbons (Fsp3) is 0.412. The SMILES string of the molecule is O=C(NCC1(O)CCCC1)c1csc(Cc2ccccc2)n1. The van der Waals surface area contributed by atoms with Crippen molar-refractivity contribution in [3.63, 3.8) is 0 Å². The topological polar surface area (TPSA) is 62.2 Å². The van der Waals surface area contributed by atoms with E-state index in [1.54, 1.807) is 5.38 Å². The molecule has 1 aromatic heterocycles. The van der Waals surface area contributed by atoms with Crippen molar-refractivity contribution in [3.05, 3.63) is 52.0 Å². The Balaban J connectivity index is 1.57. The number of nitrogens with zero attached hydrogens (tertiary/aromatic N) is 1. The molecule has 5 heteroatoms. The van der Waals surface area contributed by atoms with Crippen molar-refractivity contribution in [2.45, 2.75) is 37.7 Å². The molecule has 0 saturated heterocycles. The predicted octanol–water partition coefficient (Wildman–Crippen LogP) is 2.77. The number of nitrogens with one attached hydrogen (secondary N) is 1. The molecule has 0 unspecified atom stereocenters. The van der Waals surface area contributed by atoms with Gasteiger partial charge in [-0.05, 0) is 18.4 Å². The maximum Gasteiger partial charge on any atom is 0.270 e. The highest BCUT2D eigenvalue weighted by Gasteiger charge is 2.31. The van der Waals surface area contributed by atoms with Crippen LogP contribution in [0.1, 0.15) is 46.7 Å². The van der Waals surface area contributed by atoms with Gasteiger partial charge in [0.1, 0.15) is 5.69 Å². The molecule has 3 rings (SSSR count). The first-order valence-electron chi connectivity index (χ1n) is 7.64. The minimum Gasteiger partial charge on any atom is -0.388 e. The van der Waals surface area contributed by atoms with Crippen molar-refractivity contribution in [1.29, 1.82) is 0 Å². The van der Waals surface area contributed by atoms with E-state index in [2.05, 4.69) is 22.4 Å². The first-order chi connectivity index (χ1) is 10.6. The first kappa shape index (κ1) is 15.2. The highest BCUT2D eigenvalue weighted by atomic mass is 32.1. The second-order valence-corrected chi connectivity index (χ2v) is 6.85. The third kappa shape index (κ3) is 3.72. The van der Waals surface area contributed by atoms with Crippen LogP contribution >= 0.6 is 11.3 Å². The molecule has 1 aliphatic rings. The van der Waals surface area contributed by atoms with Gasteiger partial charge in [-0.15, -0.1) is 11.3 Å². The van der Waals surface area contributed by atoms with Crippen molar-refractivity contribution in [1.82, 2.24) is 10.3 Å². The minimum absolute atomic E-state index is 0.198. The van der Waals surface area contributed by atoms with Gasteiger partial charge < -0.3 is 10.4 Å². The number of hydrogen-bond donors (Lipinski definition) is 2. The lowest BCUT2D eigenvalue weighted by atomic mass is 10.0. The molecule has 0 bridgehead atoms. The van der Waals surface area contributed by atoms with E-state index < -0.39 is 5.60 Å². The minimum atomic E-state index is -0.724. The van der Waals surface area contributed by atoms with Gasteiger partial charge in [-0.2, -0.15) is 0 Å². The summed E-state index contributed by atoms with van der Waals surface area (Å²) in [6.07, 6.45) is 4.34. The Labute approximate surface area is 134 Å². The molecule has 1 amide bonds. The molecule has 116 valence electrons. The Bertz CT molecular complexity index is 633. The van der Waals surface area contributed by atoms with Gasteiger partial charge in [0.05, 0.1) is 10.6 Å². The molecular weight excluding hydrogens is 296 g/mol. The van der Waals surface area contributed by atoms with Crippen molar-refractivity contribution in [2.24, 2.45) is 0 Å². The summed E-state index contributed by atoms with van der Waals surface area (Å²) >= 11 is 1.50. The maximum absolute atomic E-state index is 12.1. The lowest BCUT2D eigenvalue weighted by molar-refractivity contribution is 0.0449. The van der Waals surface area contributed by atoms with Gasteiger partial charge in [0.2, 0.25) is 0 Å². The van der Waals surface area contributed by atoms with E-state index in [-0.39, 0.29) is 5.91 Å². The van der Waals surface area contributed by atoms with Crippen LogP contribution in [-0.4, -0.2) is 28.1 Å². The molecule has 22 heavy (non-hydrogen) atoms. The number of thiazole rings is 1. The Morgan fingerprint density at radius 1 is 1.27 bits per heavy atom. The summed E-state index contributed by atoms with van der Waals surface area (Å²) in [5, 5.41) is 15.8. The third-order valence-corrected chi connectivity index (χ3v) is 4.94. The molecule has 1 saturated carbocycles. The summed E-state index contributed by atoms with van der Waals surface area (Å²) in [5.74, 6) is -0.198. The van der Waals surface area contributed by atoms with Crippen molar-refractivity contribution < 1.29 is 9.90 Å². The van der Waals surface area contributed by atoms with Crippen LogP contribution in [0.4, 0.5) is 0 Å². The van der Waals surface area contributed by atoms with Crippen LogP contribution in [-0.2, 0) is 6.42 Å². The fourth-order valence-corrected chi connectivity index (χ4v) is 3.62. The van der Waals surface area contributed by atoms with Crippen LogP contribution < -0.4 is 5.32 Å². The van der Waals surface area contributed by atoms with Gasteiger partial charge in [0, 0.05) is 18.3 Å². The summed E-state index contributed by atoms with van der Waals surface area (Å²) in [7, 11) is 0. The average molecular weight is 316 g/mol. The molecule has 0 radical (unpaired) electrons. The molecule has 1 aromatic carbocycles. The highest BCUT2D eigenvalue weighted by molar-refractivity contribution is 7.09. The first-order valence-corrected chi connectivity index (χ1v) is 8.52. The van der Waals surface area contributed by atoms with Crippen LogP contribution in [0.25, 0.3) is 0 Å². The van der Waals surface area contributed by atoms with E-state index >= 15 is 0 Å². The maximum atomic E-state index is 12.1. The van der Waals surface area contributed by atoms with Crippen LogP contribution in [0.15, 0.2) is 35.7 Å². The van der Waals surface area contributed by atoms with E-state index in [4.69, 9.17) is 0 Å². The van der Waals surface area contributed by atoms with Gasteiger partial charge >= 0.3 is 0 Å². The number of hydrogen-bond acceptors (Lipinski definition) is 4. The van der Waals surface area contributed by atoms with Crippen molar-refractivity contribution in [2.75, 3.05) is 6.54 Å². The molecule has 0 spiro atoms. The van der Waals surface area contributed by atoms with Gasteiger partial charge in [0.15, 0.2) is 0 Å². The zero-order valence-electron chi connectivity index (χ0n) is 12.4. The van der Waals surface area contributed by atoms with E-state index in [0.29, 0.717) is 12.2 Å². The van der Waals surface area contributed by atoms with Gasteiger partial charge in [-0.1, -0.05) is 43.2 Å². The number of carbonyl (C=O) groups excluding carboxylic acids is 1. The Hall–Kier alpha value is -1.72. The molecule has 2 aromatic rings. The second-order valence-electron chi connectivity index (χ2n) is 5.90. The van der Waals surface area contributed by atoms with Crippen LogP contribution in [0.3, 0.4) is 0 Å². The quantitative estimate of drug-likeness (QED) is 0.891. The van der Waals surface area contributed by atoms with E-state index in [9.17, 15) is 9.90 Å². The molecule has 1 fully saturated rings. The Morgan fingerprint density at radius 2 is 2.00 bits per heavy atom. The average Bonchev–Trinajstić information content (AvgIpc) is 3.16. The second kappa shape index (κ2) is 6.58. The largest absolute Gasteiger partial charge is 0.388 e. The Morgan fingerprint density at radius 3 is 2.73 bits per heavy atom. The summed E-state index contributed by atoms with van der Waals surface area (Å²) in [6, 6.07) is 10.1. The van der Waals surface area contributed by atoms with E-state index in [1.165, 1.54) is 16.9 Å². The van der Waals surface area contributed by atoms with Gasteiger partial charge in [0.25, 0.3) is 5.91 Å². The smallest absolute Gasteiger partial charge is 0.270 e. The standard InChI is InChI=1S/C17H20N2O2S/c20-16(18-12-17(21)8-4-5-9-17)14-11-22-15(19-14)10-13-6-2-1-3-7-13/h1-3,6-7,11,21H,4-5,8-10,12H2,(H,18,20). The lowest BCUT2D eigenvalue weighted by Crippen LogP contribution is -2.40.